The van der Waals surface area contributed by atoms with Gasteiger partial charge in [-0.2, -0.15) is 0 Å². The van der Waals surface area contributed by atoms with Crippen molar-refractivity contribution in [3.05, 3.63) is 78.4 Å². The standard InChI is InChI=1S/C30H42N8O5/c1-2-15-34-24(18-21-10-12-22(39)13-11-21)29(43)37-23(9-6-16-36-30(32)33)28(42)38-25(19-20-7-4-3-5-8-20)27(41)35-17-14-26(31)40/h2-5,7-8,10-13,23-25,34,39H,1,6,9,14-19H2,(H2,31,40)(H,35,41)(H,37,43)(H,38,42)(H4,32,33,36)/t23-,24+,25+/m1/s1. The average Bonchev–Trinajstić information content (AvgIpc) is 2.97. The minimum absolute atomic E-state index is 0.0158. The van der Waals surface area contributed by atoms with Crippen molar-refractivity contribution in [1.82, 2.24) is 21.3 Å². The third-order valence-electron chi connectivity index (χ3n) is 6.37. The van der Waals surface area contributed by atoms with Gasteiger partial charge in [-0.3, -0.25) is 24.2 Å². The molecule has 2 aromatic rings. The smallest absolute Gasteiger partial charge is 0.243 e. The monoisotopic (exact) mass is 594 g/mol. The van der Waals surface area contributed by atoms with Gasteiger partial charge in [0.15, 0.2) is 5.96 Å². The van der Waals surface area contributed by atoms with Gasteiger partial charge in [0.25, 0.3) is 0 Å². The molecule has 0 spiro atoms. The highest BCUT2D eigenvalue weighted by molar-refractivity contribution is 5.93. The number of hydrogen-bond acceptors (Lipinski definition) is 7. The zero-order valence-electron chi connectivity index (χ0n) is 24.1. The SMILES string of the molecule is C=CCN[C@@H](Cc1ccc(O)cc1)C(=O)N[C@H](CCCN=C(N)N)C(=O)N[C@@H](Cc1ccccc1)C(=O)NCCC(N)=O. The molecule has 0 fully saturated rings. The molecule has 0 bridgehead atoms. The van der Waals surface area contributed by atoms with Gasteiger partial charge in [-0.25, -0.2) is 0 Å². The molecule has 0 aromatic heterocycles. The Morgan fingerprint density at radius 2 is 1.44 bits per heavy atom. The predicted octanol–water partition coefficient (Wildman–Crippen LogP) is -0.664. The molecule has 0 heterocycles. The molecule has 11 N–H and O–H groups in total. The van der Waals surface area contributed by atoms with Crippen LogP contribution < -0.4 is 38.5 Å². The van der Waals surface area contributed by atoms with Crippen LogP contribution in [0.2, 0.25) is 0 Å². The molecule has 43 heavy (non-hydrogen) atoms. The van der Waals surface area contributed by atoms with Crippen molar-refractivity contribution < 1.29 is 24.3 Å². The van der Waals surface area contributed by atoms with E-state index in [0.717, 1.165) is 11.1 Å². The third kappa shape index (κ3) is 13.5. The summed E-state index contributed by atoms with van der Waals surface area (Å²) in [6, 6.07) is 12.8. The fourth-order valence-corrected chi connectivity index (χ4v) is 4.16. The number of amides is 4. The van der Waals surface area contributed by atoms with Crippen LogP contribution in [0.1, 0.15) is 30.4 Å². The number of carbonyl (C=O) groups is 4. The molecule has 0 unspecified atom stereocenters. The Morgan fingerprint density at radius 1 is 0.837 bits per heavy atom. The molecular weight excluding hydrogens is 552 g/mol. The number of guanidine groups is 1. The van der Waals surface area contributed by atoms with E-state index in [2.05, 4.69) is 32.8 Å². The molecule has 0 aliphatic heterocycles. The van der Waals surface area contributed by atoms with Gasteiger partial charge in [-0.1, -0.05) is 48.5 Å². The third-order valence-corrected chi connectivity index (χ3v) is 6.37. The number of benzene rings is 2. The summed E-state index contributed by atoms with van der Waals surface area (Å²) in [6.07, 6.45) is 2.56. The Morgan fingerprint density at radius 3 is 2.07 bits per heavy atom. The van der Waals surface area contributed by atoms with Crippen LogP contribution in [0.5, 0.6) is 5.75 Å². The lowest BCUT2D eigenvalue weighted by molar-refractivity contribution is -0.132. The summed E-state index contributed by atoms with van der Waals surface area (Å²) >= 11 is 0. The zero-order chi connectivity index (χ0) is 31.6. The molecule has 0 radical (unpaired) electrons. The molecule has 0 saturated heterocycles. The van der Waals surface area contributed by atoms with Gasteiger partial charge in [0.05, 0.1) is 6.04 Å². The van der Waals surface area contributed by atoms with Gasteiger partial charge in [0.2, 0.25) is 23.6 Å². The molecule has 232 valence electrons. The highest BCUT2D eigenvalue weighted by Gasteiger charge is 2.29. The molecule has 0 aliphatic rings. The van der Waals surface area contributed by atoms with Crippen LogP contribution in [-0.2, 0) is 32.0 Å². The maximum atomic E-state index is 13.6. The first-order chi connectivity index (χ1) is 20.6. The maximum Gasteiger partial charge on any atom is 0.243 e. The van der Waals surface area contributed by atoms with Gasteiger partial charge in [0, 0.05) is 32.5 Å². The van der Waals surface area contributed by atoms with Crippen LogP contribution in [0.15, 0.2) is 72.2 Å². The van der Waals surface area contributed by atoms with Crippen molar-refractivity contribution in [3.63, 3.8) is 0 Å². The minimum Gasteiger partial charge on any atom is -0.508 e. The molecule has 0 aliphatic carbocycles. The van der Waals surface area contributed by atoms with E-state index < -0.39 is 41.8 Å². The number of hydrogen-bond donors (Lipinski definition) is 8. The largest absolute Gasteiger partial charge is 0.508 e. The van der Waals surface area contributed by atoms with Crippen LogP contribution in [0.4, 0.5) is 0 Å². The molecule has 2 aromatic carbocycles. The summed E-state index contributed by atoms with van der Waals surface area (Å²) in [6.45, 7) is 4.27. The van der Waals surface area contributed by atoms with Gasteiger partial charge in [0.1, 0.15) is 17.8 Å². The van der Waals surface area contributed by atoms with E-state index in [4.69, 9.17) is 17.2 Å². The van der Waals surface area contributed by atoms with E-state index in [0.29, 0.717) is 13.0 Å². The summed E-state index contributed by atoms with van der Waals surface area (Å²) in [5.74, 6) is -2.08. The van der Waals surface area contributed by atoms with Crippen molar-refractivity contribution in [2.45, 2.75) is 50.2 Å². The second-order valence-corrected chi connectivity index (χ2v) is 9.89. The molecule has 13 heteroatoms. The van der Waals surface area contributed by atoms with E-state index in [1.54, 1.807) is 18.2 Å². The summed E-state index contributed by atoms with van der Waals surface area (Å²) in [5, 5.41) is 20.9. The number of rotatable bonds is 19. The number of aliphatic imine (C=N–C) groups is 1. The van der Waals surface area contributed by atoms with Gasteiger partial charge >= 0.3 is 0 Å². The normalized spacial score (nSPS) is 12.7. The van der Waals surface area contributed by atoms with Crippen LogP contribution >= 0.6 is 0 Å². The van der Waals surface area contributed by atoms with Crippen LogP contribution in [0.25, 0.3) is 0 Å². The molecule has 2 rings (SSSR count). The van der Waals surface area contributed by atoms with Crippen molar-refractivity contribution in [2.75, 3.05) is 19.6 Å². The van der Waals surface area contributed by atoms with Gasteiger partial charge in [-0.05, 0) is 42.5 Å². The first kappa shape index (κ1) is 34.3. The van der Waals surface area contributed by atoms with Crippen molar-refractivity contribution in [2.24, 2.45) is 22.2 Å². The Balaban J connectivity index is 2.24. The summed E-state index contributed by atoms with van der Waals surface area (Å²) in [5.41, 5.74) is 17.6. The highest BCUT2D eigenvalue weighted by atomic mass is 16.3. The lowest BCUT2D eigenvalue weighted by atomic mass is 10.0. The molecule has 3 atom stereocenters. The quantitative estimate of drug-likeness (QED) is 0.0449. The number of nitrogens with zero attached hydrogens (tertiary/aromatic N) is 1. The van der Waals surface area contributed by atoms with Crippen LogP contribution in [0, 0.1) is 0 Å². The first-order valence-corrected chi connectivity index (χ1v) is 14.0. The van der Waals surface area contributed by atoms with E-state index in [1.807, 2.05) is 30.3 Å². The predicted molar refractivity (Wildman–Crippen MR) is 165 cm³/mol. The van der Waals surface area contributed by atoms with Gasteiger partial charge in [-0.15, -0.1) is 6.58 Å². The average molecular weight is 595 g/mol. The maximum absolute atomic E-state index is 13.6. The number of nitrogens with two attached hydrogens (primary N) is 3. The van der Waals surface area contributed by atoms with E-state index in [9.17, 15) is 24.3 Å². The van der Waals surface area contributed by atoms with Crippen LogP contribution in [-0.4, -0.2) is 72.5 Å². The van der Waals surface area contributed by atoms with E-state index in [-0.39, 0.29) is 50.5 Å². The second-order valence-electron chi connectivity index (χ2n) is 9.89. The molecular formula is C30H42N8O5. The fraction of sp³-hybridized carbons (Fsp3) is 0.367. The topological polar surface area (TPSA) is 227 Å². The molecule has 13 nitrogen and oxygen atoms in total. The Bertz CT molecular complexity index is 1230. The number of phenols is 1. The highest BCUT2D eigenvalue weighted by Crippen LogP contribution is 2.12. The Kier molecular flexibility index (Phi) is 14.8. The summed E-state index contributed by atoms with van der Waals surface area (Å²) in [4.78, 5) is 55.2. The van der Waals surface area contributed by atoms with Gasteiger partial charge < -0.3 is 43.6 Å². The van der Waals surface area contributed by atoms with Crippen molar-refractivity contribution in [3.8, 4) is 5.75 Å². The van der Waals surface area contributed by atoms with Crippen LogP contribution in [0.3, 0.4) is 0 Å². The lowest BCUT2D eigenvalue weighted by Crippen LogP contribution is -2.57. The van der Waals surface area contributed by atoms with E-state index >= 15 is 0 Å². The zero-order valence-corrected chi connectivity index (χ0v) is 24.1. The van der Waals surface area contributed by atoms with Crippen molar-refractivity contribution in [1.29, 1.82) is 0 Å². The lowest BCUT2D eigenvalue weighted by Gasteiger charge is -2.25. The van der Waals surface area contributed by atoms with E-state index in [1.165, 1.54) is 12.1 Å². The molecule has 0 saturated carbocycles. The number of phenolic OH excluding ortho intramolecular Hbond substituents is 1. The summed E-state index contributed by atoms with van der Waals surface area (Å²) < 4.78 is 0. The number of carbonyl (C=O) groups excluding carboxylic acids is 4. The fourth-order valence-electron chi connectivity index (χ4n) is 4.16. The second kappa shape index (κ2) is 18.5. The number of nitrogens with one attached hydrogen (secondary N) is 4. The Hall–Kier alpha value is -4.91. The Labute approximate surface area is 251 Å². The number of aromatic hydroxyl groups is 1. The minimum atomic E-state index is -1.02. The molecule has 4 amide bonds. The number of primary amides is 1. The first-order valence-electron chi connectivity index (χ1n) is 14.0. The summed E-state index contributed by atoms with van der Waals surface area (Å²) in [7, 11) is 0. The van der Waals surface area contributed by atoms with Crippen molar-refractivity contribution >= 4 is 29.6 Å².